The summed E-state index contributed by atoms with van der Waals surface area (Å²) in [7, 11) is 0. The molecule has 150 valence electrons. The molecule has 0 aliphatic carbocycles. The third-order valence-corrected chi connectivity index (χ3v) is 4.28. The lowest BCUT2D eigenvalue weighted by molar-refractivity contribution is -0.384. The highest BCUT2D eigenvalue weighted by Crippen LogP contribution is 2.32. The van der Waals surface area contributed by atoms with Crippen molar-refractivity contribution >= 4 is 23.7 Å². The summed E-state index contributed by atoms with van der Waals surface area (Å²) >= 11 is 0. The second-order valence-corrected chi connectivity index (χ2v) is 6.10. The topological polar surface area (TPSA) is 139 Å². The van der Waals surface area contributed by atoms with Gasteiger partial charge >= 0.3 is 18.0 Å². The Bertz CT molecular complexity index is 834. The molecule has 1 unspecified atom stereocenters. The van der Waals surface area contributed by atoms with Crippen molar-refractivity contribution in [3.05, 3.63) is 51.2 Å². The summed E-state index contributed by atoms with van der Waals surface area (Å²) in [6.07, 6.45) is 0.0811. The molecule has 10 heteroatoms. The Balaban J connectivity index is 2.45. The van der Waals surface area contributed by atoms with E-state index in [9.17, 15) is 24.5 Å². The van der Waals surface area contributed by atoms with E-state index in [2.05, 4.69) is 5.32 Å². The number of hydrogen-bond donors (Lipinski definition) is 2. The molecule has 0 saturated carbocycles. The molecule has 2 rings (SSSR count). The van der Waals surface area contributed by atoms with E-state index in [1.165, 1.54) is 23.1 Å². The molecule has 1 heterocycles. The highest BCUT2D eigenvalue weighted by Gasteiger charge is 2.36. The van der Waals surface area contributed by atoms with Crippen LogP contribution in [0.4, 0.5) is 10.5 Å². The maximum Gasteiger partial charge on any atom is 0.338 e. The first-order chi connectivity index (χ1) is 13.3. The van der Waals surface area contributed by atoms with E-state index in [0.29, 0.717) is 11.3 Å². The molecule has 0 spiro atoms. The highest BCUT2D eigenvalue weighted by molar-refractivity contribution is 5.95. The van der Waals surface area contributed by atoms with Gasteiger partial charge in [0.2, 0.25) is 0 Å². The van der Waals surface area contributed by atoms with Crippen LogP contribution in [0.3, 0.4) is 0 Å². The number of non-ortho nitro benzene ring substituents is 1. The number of carbonyl (C=O) groups is 3. The van der Waals surface area contributed by atoms with Crippen molar-refractivity contribution in [2.45, 2.75) is 32.7 Å². The molecule has 0 fully saturated rings. The molecule has 1 aliphatic rings. The lowest BCUT2D eigenvalue weighted by Gasteiger charge is -2.35. The molecular formula is C18H21N3O7. The Morgan fingerprint density at radius 2 is 2.11 bits per heavy atom. The van der Waals surface area contributed by atoms with Crippen LogP contribution in [0.2, 0.25) is 0 Å². The summed E-state index contributed by atoms with van der Waals surface area (Å²) in [6.45, 7) is 3.43. The van der Waals surface area contributed by atoms with Gasteiger partial charge in [0.15, 0.2) is 0 Å². The lowest BCUT2D eigenvalue weighted by atomic mass is 9.94. The third-order valence-electron chi connectivity index (χ3n) is 4.28. The number of carbonyl (C=O) groups excluding carboxylic acids is 2. The minimum Gasteiger partial charge on any atom is -0.481 e. The van der Waals surface area contributed by atoms with Gasteiger partial charge < -0.3 is 15.2 Å². The molecule has 28 heavy (non-hydrogen) atoms. The van der Waals surface area contributed by atoms with Crippen molar-refractivity contribution in [1.82, 2.24) is 10.2 Å². The summed E-state index contributed by atoms with van der Waals surface area (Å²) in [5.41, 5.74) is 0.674. The number of nitro benzene ring substituents is 1. The number of esters is 1. The number of nitrogens with zero attached hydrogens (tertiary/aromatic N) is 2. The van der Waals surface area contributed by atoms with E-state index in [1.54, 1.807) is 19.9 Å². The number of allylic oxidation sites excluding steroid dienone is 1. The quantitative estimate of drug-likeness (QED) is 0.394. The Morgan fingerprint density at radius 3 is 2.71 bits per heavy atom. The molecule has 2 N–H and O–H groups in total. The number of aliphatic carboxylic acids is 1. The number of hydrogen-bond acceptors (Lipinski definition) is 6. The van der Waals surface area contributed by atoms with Crippen LogP contribution in [-0.2, 0) is 14.3 Å². The van der Waals surface area contributed by atoms with Crippen LogP contribution in [0, 0.1) is 10.1 Å². The fourth-order valence-electron chi connectivity index (χ4n) is 2.98. The Hall–Kier alpha value is -3.43. The summed E-state index contributed by atoms with van der Waals surface area (Å²) in [6, 6.07) is 4.21. The maximum atomic E-state index is 12.6. The first-order valence-corrected chi connectivity index (χ1v) is 8.68. The number of carboxylic acid groups (broad SMARTS) is 1. The second-order valence-electron chi connectivity index (χ2n) is 6.10. The standard InChI is InChI=1S/C18H21N3O7/c1-3-28-17(24)15-11(2)20(9-5-8-14(22)23)18(25)19-16(15)12-6-4-7-13(10-12)21(26)27/h4,6-7,10,16H,3,5,8-9H2,1-2H3,(H,19,25)(H,22,23). The molecule has 10 nitrogen and oxygen atoms in total. The van der Waals surface area contributed by atoms with E-state index in [4.69, 9.17) is 9.84 Å². The van der Waals surface area contributed by atoms with Crippen LogP contribution in [0.25, 0.3) is 0 Å². The molecule has 2 amide bonds. The fourth-order valence-corrected chi connectivity index (χ4v) is 2.98. The summed E-state index contributed by atoms with van der Waals surface area (Å²) in [5.74, 6) is -1.64. The number of benzene rings is 1. The van der Waals surface area contributed by atoms with Crippen molar-refractivity contribution in [3.8, 4) is 0 Å². The van der Waals surface area contributed by atoms with Gasteiger partial charge in [-0.05, 0) is 25.8 Å². The number of nitro groups is 1. The number of ether oxygens (including phenoxy) is 1. The molecule has 1 aromatic rings. The van der Waals surface area contributed by atoms with Gasteiger partial charge in [0.05, 0.1) is 23.1 Å². The SMILES string of the molecule is CCOC(=O)C1=C(C)N(CCCC(=O)O)C(=O)NC1c1cccc([N+](=O)[O-])c1. The maximum absolute atomic E-state index is 12.6. The van der Waals surface area contributed by atoms with Crippen LogP contribution in [0.1, 0.15) is 38.3 Å². The van der Waals surface area contributed by atoms with Crippen LogP contribution in [0.5, 0.6) is 0 Å². The number of urea groups is 1. The van der Waals surface area contributed by atoms with Crippen LogP contribution in [-0.4, -0.2) is 46.1 Å². The van der Waals surface area contributed by atoms with E-state index >= 15 is 0 Å². The van der Waals surface area contributed by atoms with Gasteiger partial charge in [-0.2, -0.15) is 0 Å². The minimum atomic E-state index is -0.987. The summed E-state index contributed by atoms with van der Waals surface area (Å²) in [4.78, 5) is 47.6. The van der Waals surface area contributed by atoms with Crippen molar-refractivity contribution < 1.29 is 29.2 Å². The fraction of sp³-hybridized carbons (Fsp3) is 0.389. The van der Waals surface area contributed by atoms with Gasteiger partial charge in [-0.1, -0.05) is 12.1 Å². The van der Waals surface area contributed by atoms with Gasteiger partial charge in [0, 0.05) is 30.8 Å². The Morgan fingerprint density at radius 1 is 1.39 bits per heavy atom. The van der Waals surface area contributed by atoms with Gasteiger partial charge in [0.1, 0.15) is 0 Å². The molecule has 0 saturated heterocycles. The minimum absolute atomic E-state index is 0.106. The van der Waals surface area contributed by atoms with Gasteiger partial charge in [-0.3, -0.25) is 19.8 Å². The molecule has 1 aliphatic heterocycles. The Labute approximate surface area is 160 Å². The average molecular weight is 391 g/mol. The largest absolute Gasteiger partial charge is 0.481 e. The monoisotopic (exact) mass is 391 g/mol. The van der Waals surface area contributed by atoms with Gasteiger partial charge in [-0.25, -0.2) is 9.59 Å². The van der Waals surface area contributed by atoms with Crippen LogP contribution >= 0.6 is 0 Å². The van der Waals surface area contributed by atoms with Gasteiger partial charge in [0.25, 0.3) is 5.69 Å². The predicted octanol–water partition coefficient (Wildman–Crippen LogP) is 2.36. The highest BCUT2D eigenvalue weighted by atomic mass is 16.6. The van der Waals surface area contributed by atoms with Crippen molar-refractivity contribution in [2.75, 3.05) is 13.2 Å². The third kappa shape index (κ3) is 4.64. The lowest BCUT2D eigenvalue weighted by Crippen LogP contribution is -2.48. The van der Waals surface area contributed by atoms with Crippen molar-refractivity contribution in [3.63, 3.8) is 0 Å². The van der Waals surface area contributed by atoms with E-state index in [0.717, 1.165) is 0 Å². The van der Waals surface area contributed by atoms with Crippen molar-refractivity contribution in [2.24, 2.45) is 0 Å². The predicted molar refractivity (Wildman–Crippen MR) is 97.3 cm³/mol. The zero-order chi connectivity index (χ0) is 20.8. The van der Waals surface area contributed by atoms with Crippen LogP contribution in [0.15, 0.2) is 35.5 Å². The normalized spacial score (nSPS) is 16.6. The molecule has 0 aromatic heterocycles. The van der Waals surface area contributed by atoms with Crippen LogP contribution < -0.4 is 5.32 Å². The smallest absolute Gasteiger partial charge is 0.338 e. The Kier molecular flexibility index (Phi) is 6.69. The van der Waals surface area contributed by atoms with E-state index in [1.807, 2.05) is 0 Å². The van der Waals surface area contributed by atoms with Crippen molar-refractivity contribution in [1.29, 1.82) is 0 Å². The summed E-state index contributed by atoms with van der Waals surface area (Å²) in [5, 5.41) is 22.5. The first kappa shape index (κ1) is 20.9. The zero-order valence-corrected chi connectivity index (χ0v) is 15.5. The molecular weight excluding hydrogens is 370 g/mol. The number of nitrogens with one attached hydrogen (secondary N) is 1. The molecule has 0 bridgehead atoms. The molecule has 1 atom stereocenters. The average Bonchev–Trinajstić information content (AvgIpc) is 2.63. The van der Waals surface area contributed by atoms with E-state index < -0.39 is 28.9 Å². The molecule has 1 aromatic carbocycles. The summed E-state index contributed by atoms with van der Waals surface area (Å²) < 4.78 is 5.10. The number of carboxylic acids is 1. The first-order valence-electron chi connectivity index (χ1n) is 8.68. The second kappa shape index (κ2) is 8.98. The van der Waals surface area contributed by atoms with E-state index in [-0.39, 0.29) is 37.3 Å². The number of rotatable bonds is 8. The zero-order valence-electron chi connectivity index (χ0n) is 15.5. The number of amides is 2. The molecule has 0 radical (unpaired) electrons. The van der Waals surface area contributed by atoms with Gasteiger partial charge in [-0.15, -0.1) is 0 Å².